The molecule has 0 bridgehead atoms. The Balaban J connectivity index is 0. The van der Waals surface area contributed by atoms with Gasteiger partial charge in [0.2, 0.25) is 0 Å². The summed E-state index contributed by atoms with van der Waals surface area (Å²) in [5, 5.41) is 0. The van der Waals surface area contributed by atoms with Crippen molar-refractivity contribution in [3.05, 3.63) is 92.0 Å². The van der Waals surface area contributed by atoms with Gasteiger partial charge in [0.15, 0.2) is 0 Å². The molecule has 0 N–H and O–H groups in total. The van der Waals surface area contributed by atoms with Crippen molar-refractivity contribution in [2.45, 2.75) is 27.7 Å². The van der Waals surface area contributed by atoms with E-state index in [0.717, 1.165) is 8.19 Å². The van der Waals surface area contributed by atoms with Crippen molar-refractivity contribution in [2.75, 3.05) is 20.0 Å². The average Bonchev–Trinajstić information content (AvgIpc) is 3.16. The van der Waals surface area contributed by atoms with Crippen LogP contribution in [0.25, 0.3) is 0 Å². The molecule has 0 aromatic carbocycles. The van der Waals surface area contributed by atoms with Crippen LogP contribution in [0.5, 0.6) is 0 Å². The van der Waals surface area contributed by atoms with Gasteiger partial charge >= 0.3 is 0 Å². The van der Waals surface area contributed by atoms with E-state index in [4.69, 9.17) is 0 Å². The zero-order valence-corrected chi connectivity index (χ0v) is 20.8. The topological polar surface area (TPSA) is 0 Å². The molecular formula is C22H30P2Zr. The Morgan fingerprint density at radius 1 is 0.760 bits per heavy atom. The Kier molecular flexibility index (Phi) is 20.7. The van der Waals surface area contributed by atoms with E-state index in [9.17, 15) is 0 Å². The van der Waals surface area contributed by atoms with Crippen LogP contribution in [0.2, 0.25) is 0 Å². The molecule has 3 heteroatoms. The van der Waals surface area contributed by atoms with Gasteiger partial charge in [-0.1, -0.05) is 22.0 Å². The van der Waals surface area contributed by atoms with E-state index in [2.05, 4.69) is 84.1 Å². The molecule has 2 saturated carbocycles. The van der Waals surface area contributed by atoms with Crippen LogP contribution in [-0.4, -0.2) is 20.0 Å². The molecule has 25 heavy (non-hydrogen) atoms. The molecule has 2 aliphatic carbocycles. The molecule has 12 radical (unpaired) electrons. The van der Waals surface area contributed by atoms with Gasteiger partial charge in [-0.15, -0.1) is 7.92 Å². The van der Waals surface area contributed by atoms with E-state index >= 15 is 0 Å². The first kappa shape index (κ1) is 28.2. The van der Waals surface area contributed by atoms with E-state index in [1.807, 2.05) is 32.6 Å². The Bertz CT molecular complexity index is 357. The van der Waals surface area contributed by atoms with Crippen LogP contribution in [0.15, 0.2) is 5.80 Å². The molecule has 0 spiro atoms. The van der Waals surface area contributed by atoms with Crippen LogP contribution < -0.4 is 0 Å². The summed E-state index contributed by atoms with van der Waals surface area (Å²) in [7, 11) is 1.52. The van der Waals surface area contributed by atoms with Gasteiger partial charge in [-0.2, -0.15) is 0 Å². The second-order valence-corrected chi connectivity index (χ2v) is 9.49. The molecule has 1 heterocycles. The summed E-state index contributed by atoms with van der Waals surface area (Å²) in [6.07, 6.45) is 16.5. The first-order valence-electron chi connectivity index (χ1n) is 8.02. The molecule has 1 aromatic heterocycles. The summed E-state index contributed by atoms with van der Waals surface area (Å²) in [4.78, 5) is 0. The fraction of sp³-hybridized carbons (Fsp3) is 0.318. The summed E-state index contributed by atoms with van der Waals surface area (Å²) >= 11 is 0. The van der Waals surface area contributed by atoms with Crippen molar-refractivity contribution in [3.63, 3.8) is 0 Å². The van der Waals surface area contributed by atoms with E-state index in [-0.39, 0.29) is 26.2 Å². The Morgan fingerprint density at radius 2 is 1.12 bits per heavy atom. The summed E-state index contributed by atoms with van der Waals surface area (Å²) < 4.78 is 0. The molecule has 0 aliphatic heterocycles. The standard InChI is InChI=1S/C7H7P.2C6H7.C3H9P.Zr/c1-6-3-4-8-5-7(6)2;2*1-6-4-2-3-5-6;1-4(2)3;/h5H,1-2H3;2*2-5H,1H3;1-3H3;. The Labute approximate surface area is 181 Å². The molecule has 2 fully saturated rings. The maximum Gasteiger partial charge on any atom is 0.0224 e. The largest absolute Gasteiger partial charge is 0.116 e. The third-order valence-corrected chi connectivity index (χ3v) is 3.57. The molecule has 0 saturated heterocycles. The van der Waals surface area contributed by atoms with Gasteiger partial charge < -0.3 is 0 Å². The minimum atomic E-state index is 0. The van der Waals surface area contributed by atoms with Crippen LogP contribution in [0, 0.1) is 88.9 Å². The fourth-order valence-electron chi connectivity index (χ4n) is 1.38. The van der Waals surface area contributed by atoms with Gasteiger partial charge in [-0.3, -0.25) is 0 Å². The summed E-state index contributed by atoms with van der Waals surface area (Å²) in [5.41, 5.74) is 2.54. The van der Waals surface area contributed by atoms with E-state index in [1.54, 1.807) is 0 Å². The first-order valence-corrected chi connectivity index (χ1v) is 11.7. The number of hydrogen-bond donors (Lipinski definition) is 0. The van der Waals surface area contributed by atoms with Crippen molar-refractivity contribution in [1.29, 1.82) is 0 Å². The number of rotatable bonds is 0. The Hall–Kier alpha value is 0.963. The maximum atomic E-state index is 3.02. The normalized spacial score (nSPS) is 17.0. The van der Waals surface area contributed by atoms with Gasteiger partial charge in [0.25, 0.3) is 0 Å². The van der Waals surface area contributed by atoms with Crippen LogP contribution in [0.4, 0.5) is 0 Å². The van der Waals surface area contributed by atoms with Crippen molar-refractivity contribution in [3.8, 4) is 0 Å². The zero-order chi connectivity index (χ0) is 18.4. The molecule has 0 unspecified atom stereocenters. The minimum absolute atomic E-state index is 0. The second kappa shape index (κ2) is 18.3. The smallest absolute Gasteiger partial charge is 0.0224 e. The number of aryl methyl sites for hydroxylation is 2. The predicted octanol–water partition coefficient (Wildman–Crippen LogP) is 6.66. The van der Waals surface area contributed by atoms with Crippen molar-refractivity contribution in [2.24, 2.45) is 0 Å². The van der Waals surface area contributed by atoms with Gasteiger partial charge in [0.05, 0.1) is 0 Å². The molecule has 3 rings (SSSR count). The molecule has 132 valence electrons. The van der Waals surface area contributed by atoms with E-state index in [0.29, 0.717) is 7.92 Å². The van der Waals surface area contributed by atoms with Gasteiger partial charge in [-0.25, -0.2) is 0 Å². The monoisotopic (exact) mass is 446 g/mol. The van der Waals surface area contributed by atoms with Crippen molar-refractivity contribution in [1.82, 2.24) is 0 Å². The number of hydrogen-bond acceptors (Lipinski definition) is 0. The molecule has 0 amide bonds. The molecule has 2 aliphatic rings. The third-order valence-electron chi connectivity index (χ3n) is 2.82. The minimum Gasteiger partial charge on any atom is -0.116 e. The molecular weight excluding hydrogens is 417 g/mol. The average molecular weight is 448 g/mol. The van der Waals surface area contributed by atoms with Gasteiger partial charge in [-0.05, 0) is 120 Å². The van der Waals surface area contributed by atoms with Crippen molar-refractivity contribution < 1.29 is 26.2 Å². The predicted molar refractivity (Wildman–Crippen MR) is 113 cm³/mol. The SMILES string of the molecule is CP(C)C.C[C]1[CH][CH][CH][CH]1.C[C]1[CH][CH][CH][CH]1.Cc1[c][c]pcc1C.[Zr]. The molecule has 0 nitrogen and oxygen atoms in total. The second-order valence-electron chi connectivity index (χ2n) is 6.07. The zero-order valence-electron chi connectivity index (χ0n) is 16.6. The summed E-state index contributed by atoms with van der Waals surface area (Å²) in [6, 6.07) is 3.02. The maximum absolute atomic E-state index is 3.02. The van der Waals surface area contributed by atoms with E-state index < -0.39 is 0 Å². The molecule has 0 atom stereocenters. The Morgan fingerprint density at radius 3 is 1.28 bits per heavy atom. The van der Waals surface area contributed by atoms with E-state index in [1.165, 1.54) is 23.0 Å². The quantitative estimate of drug-likeness (QED) is 0.390. The first-order chi connectivity index (χ1) is 11.3. The fourth-order valence-corrected chi connectivity index (χ4v) is 2.07. The van der Waals surface area contributed by atoms with Gasteiger partial charge in [0, 0.05) is 32.0 Å². The van der Waals surface area contributed by atoms with Crippen LogP contribution >= 0.6 is 16.1 Å². The summed E-state index contributed by atoms with van der Waals surface area (Å²) in [6.45, 7) is 15.0. The third kappa shape index (κ3) is 19.5. The van der Waals surface area contributed by atoms with Gasteiger partial charge in [0.1, 0.15) is 0 Å². The van der Waals surface area contributed by atoms with Crippen LogP contribution in [0.1, 0.15) is 25.0 Å². The van der Waals surface area contributed by atoms with Crippen LogP contribution in [-0.2, 0) is 26.2 Å². The van der Waals surface area contributed by atoms with Crippen molar-refractivity contribution >= 4 is 16.1 Å². The molecule has 1 aromatic rings. The van der Waals surface area contributed by atoms with Crippen LogP contribution in [0.3, 0.4) is 0 Å². The summed E-state index contributed by atoms with van der Waals surface area (Å²) in [5.74, 6) is 7.79.